The summed E-state index contributed by atoms with van der Waals surface area (Å²) >= 11 is 0. The molecule has 0 bridgehead atoms. The molecular formula is C14H25NO2. The molecule has 0 radical (unpaired) electrons. The first-order valence-electron chi connectivity index (χ1n) is 5.42. The van der Waals surface area contributed by atoms with Crippen molar-refractivity contribution < 1.29 is 9.47 Å². The highest BCUT2D eigenvalue weighted by Gasteiger charge is 2.10. The van der Waals surface area contributed by atoms with Crippen LogP contribution < -0.4 is 14.8 Å². The minimum absolute atomic E-state index is 0. The van der Waals surface area contributed by atoms with Crippen LogP contribution in [0.1, 0.15) is 28.2 Å². The second-order valence-corrected chi connectivity index (χ2v) is 4.98. The average molecular weight is 239 g/mol. The standard InChI is InChI=1S/C13H21NO2.CH4/c1-13(2,3)9-14-10-6-7-11(15-4)12(8-10)16-5;/h6-8,14H,9H2,1-5H3;1H4. The summed E-state index contributed by atoms with van der Waals surface area (Å²) < 4.78 is 10.4. The fraction of sp³-hybridized carbons (Fsp3) is 0.571. The van der Waals surface area contributed by atoms with Crippen LogP contribution in [0.15, 0.2) is 18.2 Å². The summed E-state index contributed by atoms with van der Waals surface area (Å²) in [5, 5.41) is 3.38. The number of methoxy groups -OCH3 is 2. The van der Waals surface area contributed by atoms with Gasteiger partial charge in [-0.05, 0) is 17.5 Å². The van der Waals surface area contributed by atoms with E-state index in [0.29, 0.717) is 0 Å². The van der Waals surface area contributed by atoms with Crippen molar-refractivity contribution in [2.24, 2.45) is 5.41 Å². The summed E-state index contributed by atoms with van der Waals surface area (Å²) in [5.41, 5.74) is 1.31. The zero-order valence-corrected chi connectivity index (χ0v) is 10.8. The summed E-state index contributed by atoms with van der Waals surface area (Å²) in [6.07, 6.45) is 0. The van der Waals surface area contributed by atoms with Gasteiger partial charge in [0.2, 0.25) is 0 Å². The Morgan fingerprint density at radius 2 is 1.65 bits per heavy atom. The van der Waals surface area contributed by atoms with Crippen LogP contribution >= 0.6 is 0 Å². The Morgan fingerprint density at radius 3 is 2.12 bits per heavy atom. The maximum Gasteiger partial charge on any atom is 0.162 e. The summed E-state index contributed by atoms with van der Waals surface area (Å²) in [4.78, 5) is 0. The normalized spacial score (nSPS) is 10.4. The predicted molar refractivity (Wildman–Crippen MR) is 74.2 cm³/mol. The fourth-order valence-electron chi connectivity index (χ4n) is 1.31. The van der Waals surface area contributed by atoms with Crippen molar-refractivity contribution >= 4 is 5.69 Å². The highest BCUT2D eigenvalue weighted by atomic mass is 16.5. The largest absolute Gasteiger partial charge is 0.493 e. The van der Waals surface area contributed by atoms with Gasteiger partial charge in [0.25, 0.3) is 0 Å². The van der Waals surface area contributed by atoms with E-state index in [-0.39, 0.29) is 12.8 Å². The van der Waals surface area contributed by atoms with Crippen molar-refractivity contribution in [3.63, 3.8) is 0 Å². The zero-order valence-electron chi connectivity index (χ0n) is 10.8. The molecule has 3 heteroatoms. The molecule has 3 nitrogen and oxygen atoms in total. The van der Waals surface area contributed by atoms with Gasteiger partial charge in [-0.3, -0.25) is 0 Å². The molecule has 0 spiro atoms. The molecule has 0 heterocycles. The van der Waals surface area contributed by atoms with E-state index in [4.69, 9.17) is 9.47 Å². The lowest BCUT2D eigenvalue weighted by Gasteiger charge is -2.20. The molecule has 1 aromatic carbocycles. The Morgan fingerprint density at radius 1 is 1.06 bits per heavy atom. The topological polar surface area (TPSA) is 30.5 Å². The predicted octanol–water partition coefficient (Wildman–Crippen LogP) is 3.80. The molecule has 0 atom stereocenters. The monoisotopic (exact) mass is 239 g/mol. The molecule has 17 heavy (non-hydrogen) atoms. The Balaban J connectivity index is 0.00000256. The van der Waals surface area contributed by atoms with E-state index in [1.54, 1.807) is 14.2 Å². The molecule has 0 aliphatic carbocycles. The molecule has 0 aliphatic rings. The molecule has 0 saturated heterocycles. The van der Waals surface area contributed by atoms with E-state index in [2.05, 4.69) is 26.1 Å². The lowest BCUT2D eigenvalue weighted by atomic mass is 9.97. The number of nitrogens with one attached hydrogen (secondary N) is 1. The van der Waals surface area contributed by atoms with Gasteiger partial charge in [-0.2, -0.15) is 0 Å². The highest BCUT2D eigenvalue weighted by Crippen LogP contribution is 2.30. The lowest BCUT2D eigenvalue weighted by Crippen LogP contribution is -2.18. The second-order valence-electron chi connectivity index (χ2n) is 4.98. The minimum Gasteiger partial charge on any atom is -0.493 e. The van der Waals surface area contributed by atoms with Crippen LogP contribution in [-0.2, 0) is 0 Å². The van der Waals surface area contributed by atoms with E-state index < -0.39 is 0 Å². The number of hydrogen-bond donors (Lipinski definition) is 1. The zero-order chi connectivity index (χ0) is 12.2. The van der Waals surface area contributed by atoms with Crippen LogP contribution in [-0.4, -0.2) is 20.8 Å². The van der Waals surface area contributed by atoms with Gasteiger partial charge in [-0.15, -0.1) is 0 Å². The maximum absolute atomic E-state index is 5.24. The molecule has 0 fully saturated rings. The van der Waals surface area contributed by atoms with Gasteiger partial charge in [0.05, 0.1) is 14.2 Å². The molecular weight excluding hydrogens is 214 g/mol. The SMILES string of the molecule is C.COc1ccc(NCC(C)(C)C)cc1OC. The van der Waals surface area contributed by atoms with Crippen LogP contribution in [0.2, 0.25) is 0 Å². The molecule has 0 unspecified atom stereocenters. The Bertz CT molecular complexity index is 343. The van der Waals surface area contributed by atoms with Crippen molar-refractivity contribution in [2.75, 3.05) is 26.1 Å². The molecule has 0 aromatic heterocycles. The van der Waals surface area contributed by atoms with Crippen LogP contribution in [0.4, 0.5) is 5.69 Å². The van der Waals surface area contributed by atoms with Crippen molar-refractivity contribution in [2.45, 2.75) is 28.2 Å². The summed E-state index contributed by atoms with van der Waals surface area (Å²) in [7, 11) is 3.28. The van der Waals surface area contributed by atoms with Crippen LogP contribution in [0, 0.1) is 5.41 Å². The Kier molecular flexibility index (Phi) is 5.86. The molecule has 0 aliphatic heterocycles. The molecule has 1 N–H and O–H groups in total. The van der Waals surface area contributed by atoms with Gasteiger partial charge in [-0.1, -0.05) is 28.2 Å². The minimum atomic E-state index is 0. The first-order chi connectivity index (χ1) is 7.46. The number of ether oxygens (including phenoxy) is 2. The Labute approximate surface area is 105 Å². The second kappa shape index (κ2) is 6.38. The van der Waals surface area contributed by atoms with Crippen molar-refractivity contribution in [3.8, 4) is 11.5 Å². The summed E-state index contributed by atoms with van der Waals surface area (Å²) in [6.45, 7) is 7.50. The first kappa shape index (κ1) is 15.6. The lowest BCUT2D eigenvalue weighted by molar-refractivity contribution is 0.355. The highest BCUT2D eigenvalue weighted by molar-refractivity contribution is 5.54. The van der Waals surface area contributed by atoms with E-state index in [9.17, 15) is 0 Å². The number of benzene rings is 1. The van der Waals surface area contributed by atoms with Gasteiger partial charge in [0.15, 0.2) is 11.5 Å². The van der Waals surface area contributed by atoms with Crippen molar-refractivity contribution in [3.05, 3.63) is 18.2 Å². The van der Waals surface area contributed by atoms with E-state index in [1.165, 1.54) is 0 Å². The fourth-order valence-corrected chi connectivity index (χ4v) is 1.31. The molecule has 0 amide bonds. The van der Waals surface area contributed by atoms with E-state index >= 15 is 0 Å². The average Bonchev–Trinajstić information content (AvgIpc) is 2.25. The number of hydrogen-bond acceptors (Lipinski definition) is 3. The van der Waals surface area contributed by atoms with Crippen LogP contribution in [0.25, 0.3) is 0 Å². The number of anilines is 1. The first-order valence-corrected chi connectivity index (χ1v) is 5.42. The summed E-state index contributed by atoms with van der Waals surface area (Å²) in [6, 6.07) is 5.85. The van der Waals surface area contributed by atoms with Crippen molar-refractivity contribution in [1.29, 1.82) is 0 Å². The number of rotatable bonds is 4. The van der Waals surface area contributed by atoms with Crippen molar-refractivity contribution in [1.82, 2.24) is 0 Å². The van der Waals surface area contributed by atoms with Crippen LogP contribution in [0.5, 0.6) is 11.5 Å². The van der Waals surface area contributed by atoms with Crippen LogP contribution in [0.3, 0.4) is 0 Å². The molecule has 98 valence electrons. The van der Waals surface area contributed by atoms with Gasteiger partial charge < -0.3 is 14.8 Å². The molecule has 1 rings (SSSR count). The van der Waals surface area contributed by atoms with Gasteiger partial charge in [-0.25, -0.2) is 0 Å². The smallest absolute Gasteiger partial charge is 0.162 e. The van der Waals surface area contributed by atoms with E-state index in [0.717, 1.165) is 23.7 Å². The van der Waals surface area contributed by atoms with E-state index in [1.807, 2.05) is 18.2 Å². The van der Waals surface area contributed by atoms with Gasteiger partial charge >= 0.3 is 0 Å². The third kappa shape index (κ3) is 4.98. The third-order valence-electron chi connectivity index (χ3n) is 2.21. The third-order valence-corrected chi connectivity index (χ3v) is 2.21. The maximum atomic E-state index is 5.24. The molecule has 1 aromatic rings. The summed E-state index contributed by atoms with van der Waals surface area (Å²) in [5.74, 6) is 1.50. The quantitative estimate of drug-likeness (QED) is 0.867. The van der Waals surface area contributed by atoms with Gasteiger partial charge in [0, 0.05) is 18.3 Å². The molecule has 0 saturated carbocycles. The van der Waals surface area contributed by atoms with Gasteiger partial charge in [0.1, 0.15) is 0 Å². The Hall–Kier alpha value is -1.38.